The van der Waals surface area contributed by atoms with Crippen LogP contribution in [0.3, 0.4) is 0 Å². The van der Waals surface area contributed by atoms with Crippen LogP contribution in [-0.4, -0.2) is 56.3 Å². The van der Waals surface area contributed by atoms with Crippen molar-refractivity contribution < 1.29 is 14.3 Å². The van der Waals surface area contributed by atoms with Crippen LogP contribution >= 0.6 is 0 Å². The van der Waals surface area contributed by atoms with Crippen LogP contribution in [0.25, 0.3) is 0 Å². The van der Waals surface area contributed by atoms with Gasteiger partial charge in [0.15, 0.2) is 0 Å². The molecule has 6 nitrogen and oxygen atoms in total. The Morgan fingerprint density at radius 3 is 2.67 bits per heavy atom. The fraction of sp³-hybridized carbons (Fsp3) is 0.556. The van der Waals surface area contributed by atoms with Gasteiger partial charge in [0, 0.05) is 13.1 Å². The molecule has 0 fully saturated rings. The van der Waals surface area contributed by atoms with E-state index in [-0.39, 0.29) is 31.3 Å². The Morgan fingerprint density at radius 1 is 1.29 bits per heavy atom. The second-order valence-electron chi connectivity index (χ2n) is 5.97. The maximum absolute atomic E-state index is 11.8. The third-order valence-corrected chi connectivity index (χ3v) is 3.09. The van der Waals surface area contributed by atoms with E-state index < -0.39 is 0 Å². The molecule has 1 unspecified atom stereocenters. The molecule has 1 atom stereocenters. The molecule has 0 spiro atoms. The van der Waals surface area contributed by atoms with Crippen LogP contribution in [0.1, 0.15) is 26.3 Å². The molecule has 24 heavy (non-hydrogen) atoms. The van der Waals surface area contributed by atoms with Crippen LogP contribution < -0.4 is 5.32 Å². The lowest BCUT2D eigenvalue weighted by Gasteiger charge is -2.15. The third kappa shape index (κ3) is 9.97. The average Bonchev–Trinajstić information content (AvgIpc) is 2.53. The van der Waals surface area contributed by atoms with E-state index in [1.54, 1.807) is 11.2 Å². The molecule has 1 aromatic rings. The molecule has 1 rings (SSSR count). The van der Waals surface area contributed by atoms with Crippen LogP contribution in [-0.2, 0) is 20.7 Å². The lowest BCUT2D eigenvalue weighted by molar-refractivity contribution is -0.125. The molecular formula is C18H29N3O3. The van der Waals surface area contributed by atoms with Crippen molar-refractivity contribution in [3.05, 3.63) is 35.9 Å². The minimum absolute atomic E-state index is 0.0252. The van der Waals surface area contributed by atoms with Gasteiger partial charge in [0.05, 0.1) is 18.9 Å². The second kappa shape index (κ2) is 11.6. The monoisotopic (exact) mass is 335 g/mol. The number of hydrogen-bond acceptors (Lipinski definition) is 5. The van der Waals surface area contributed by atoms with Crippen molar-refractivity contribution >= 4 is 12.1 Å². The summed E-state index contributed by atoms with van der Waals surface area (Å²) in [4.78, 5) is 11.8. The standard InChI is InChI=1S/C18H29N3O3/c1-15(2)24-14-21(4)19-10-11-23-13-18(22)20-16(3)12-17-8-6-5-7-9-17/h5-10,15-16H,11-14H2,1-4H3,(H,20,22)/b19-10+. The lowest BCUT2D eigenvalue weighted by atomic mass is 10.1. The third-order valence-electron chi connectivity index (χ3n) is 3.09. The summed E-state index contributed by atoms with van der Waals surface area (Å²) in [5.74, 6) is -0.122. The summed E-state index contributed by atoms with van der Waals surface area (Å²) in [7, 11) is 1.82. The van der Waals surface area contributed by atoms with E-state index in [1.165, 1.54) is 5.56 Å². The molecular weight excluding hydrogens is 306 g/mol. The van der Waals surface area contributed by atoms with Gasteiger partial charge in [-0.05, 0) is 32.8 Å². The Labute approximate surface area is 144 Å². The predicted octanol–water partition coefficient (Wildman–Crippen LogP) is 2.05. The number of nitrogens with one attached hydrogen (secondary N) is 1. The Morgan fingerprint density at radius 2 is 2.00 bits per heavy atom. The molecule has 0 saturated carbocycles. The van der Waals surface area contributed by atoms with E-state index in [1.807, 2.05) is 46.0 Å². The van der Waals surface area contributed by atoms with Gasteiger partial charge in [0.2, 0.25) is 5.91 Å². The van der Waals surface area contributed by atoms with E-state index in [4.69, 9.17) is 9.47 Å². The van der Waals surface area contributed by atoms with E-state index >= 15 is 0 Å². The highest BCUT2D eigenvalue weighted by molar-refractivity contribution is 5.77. The molecule has 134 valence electrons. The van der Waals surface area contributed by atoms with Crippen LogP contribution in [0, 0.1) is 0 Å². The first-order valence-corrected chi connectivity index (χ1v) is 8.23. The topological polar surface area (TPSA) is 63.2 Å². The first kappa shape index (κ1) is 20.1. The SMILES string of the molecule is CC(Cc1ccccc1)NC(=O)COC/C=N/N(C)COC(C)C. The summed E-state index contributed by atoms with van der Waals surface area (Å²) < 4.78 is 10.7. The van der Waals surface area contributed by atoms with E-state index in [0.717, 1.165) is 6.42 Å². The van der Waals surface area contributed by atoms with Gasteiger partial charge in [-0.1, -0.05) is 30.3 Å². The summed E-state index contributed by atoms with van der Waals surface area (Å²) in [6, 6.07) is 10.1. The molecule has 0 heterocycles. The molecule has 0 aliphatic carbocycles. The van der Waals surface area contributed by atoms with Gasteiger partial charge in [0.1, 0.15) is 13.3 Å². The molecule has 0 aliphatic heterocycles. The van der Waals surface area contributed by atoms with Crippen molar-refractivity contribution in [2.24, 2.45) is 5.10 Å². The number of ether oxygens (including phenoxy) is 2. The molecule has 0 aromatic heterocycles. The largest absolute Gasteiger partial charge is 0.366 e. The maximum Gasteiger partial charge on any atom is 0.246 e. The summed E-state index contributed by atoms with van der Waals surface area (Å²) >= 11 is 0. The smallest absolute Gasteiger partial charge is 0.246 e. The number of hydrazone groups is 1. The maximum atomic E-state index is 11.8. The zero-order valence-electron chi connectivity index (χ0n) is 15.1. The first-order chi connectivity index (χ1) is 11.5. The Hall–Kier alpha value is -1.92. The summed E-state index contributed by atoms with van der Waals surface area (Å²) in [5, 5.41) is 8.73. The van der Waals surface area contributed by atoms with Gasteiger partial charge in [-0.3, -0.25) is 9.80 Å². The molecule has 0 bridgehead atoms. The van der Waals surface area contributed by atoms with Crippen molar-refractivity contribution in [3.8, 4) is 0 Å². The van der Waals surface area contributed by atoms with Crippen LogP contribution in [0.4, 0.5) is 0 Å². The van der Waals surface area contributed by atoms with Crippen LogP contribution in [0.5, 0.6) is 0 Å². The van der Waals surface area contributed by atoms with Crippen molar-refractivity contribution in [1.29, 1.82) is 0 Å². The van der Waals surface area contributed by atoms with Crippen LogP contribution in [0.2, 0.25) is 0 Å². The van der Waals surface area contributed by atoms with E-state index in [9.17, 15) is 4.79 Å². The van der Waals surface area contributed by atoms with Gasteiger partial charge >= 0.3 is 0 Å². The molecule has 1 N–H and O–H groups in total. The van der Waals surface area contributed by atoms with Gasteiger partial charge in [-0.2, -0.15) is 5.10 Å². The van der Waals surface area contributed by atoms with Crippen molar-refractivity contribution in [1.82, 2.24) is 10.3 Å². The zero-order valence-corrected chi connectivity index (χ0v) is 15.1. The Bertz CT molecular complexity index is 492. The molecule has 1 aromatic carbocycles. The highest BCUT2D eigenvalue weighted by Crippen LogP contribution is 2.02. The predicted molar refractivity (Wildman–Crippen MR) is 95.9 cm³/mol. The number of rotatable bonds is 11. The number of nitrogens with zero attached hydrogens (tertiary/aromatic N) is 2. The normalized spacial score (nSPS) is 12.5. The second-order valence-corrected chi connectivity index (χ2v) is 5.97. The molecule has 0 saturated heterocycles. The van der Waals surface area contributed by atoms with Gasteiger partial charge in [-0.25, -0.2) is 0 Å². The van der Waals surface area contributed by atoms with Crippen LogP contribution in [0.15, 0.2) is 35.4 Å². The zero-order chi connectivity index (χ0) is 17.8. The Balaban J connectivity index is 2.13. The van der Waals surface area contributed by atoms with Crippen molar-refractivity contribution in [3.63, 3.8) is 0 Å². The summed E-state index contributed by atoms with van der Waals surface area (Å²) in [6.07, 6.45) is 2.58. The number of benzene rings is 1. The van der Waals surface area contributed by atoms with Gasteiger partial charge < -0.3 is 14.8 Å². The Kier molecular flexibility index (Phi) is 9.72. The highest BCUT2D eigenvalue weighted by Gasteiger charge is 2.07. The fourth-order valence-electron chi connectivity index (χ4n) is 2.00. The van der Waals surface area contributed by atoms with E-state index in [2.05, 4.69) is 22.6 Å². The summed E-state index contributed by atoms with van der Waals surface area (Å²) in [6.45, 7) is 6.65. The average molecular weight is 335 g/mol. The quantitative estimate of drug-likeness (QED) is 0.291. The number of amides is 1. The fourth-order valence-corrected chi connectivity index (χ4v) is 2.00. The minimum Gasteiger partial charge on any atom is -0.366 e. The number of carbonyl (C=O) groups is 1. The highest BCUT2D eigenvalue weighted by atomic mass is 16.5. The molecule has 6 heteroatoms. The van der Waals surface area contributed by atoms with Gasteiger partial charge in [0.25, 0.3) is 0 Å². The van der Waals surface area contributed by atoms with Crippen molar-refractivity contribution in [2.45, 2.75) is 39.3 Å². The molecule has 0 aliphatic rings. The number of carbonyl (C=O) groups excluding carboxylic acids is 1. The molecule has 1 amide bonds. The first-order valence-electron chi connectivity index (χ1n) is 8.23. The van der Waals surface area contributed by atoms with Crippen molar-refractivity contribution in [2.75, 3.05) is 27.0 Å². The lowest BCUT2D eigenvalue weighted by Crippen LogP contribution is -2.36. The number of hydrogen-bond donors (Lipinski definition) is 1. The molecule has 0 radical (unpaired) electrons. The van der Waals surface area contributed by atoms with Gasteiger partial charge in [-0.15, -0.1) is 0 Å². The summed E-state index contributed by atoms with van der Waals surface area (Å²) in [5.41, 5.74) is 1.20. The minimum atomic E-state index is -0.122. The van der Waals surface area contributed by atoms with E-state index in [0.29, 0.717) is 6.73 Å².